The fourth-order valence-electron chi connectivity index (χ4n) is 3.01. The van der Waals surface area contributed by atoms with Crippen LogP contribution < -0.4 is 5.32 Å². The highest BCUT2D eigenvalue weighted by Crippen LogP contribution is 2.34. The zero-order chi connectivity index (χ0) is 15.8. The number of carbonyl (C=O) groups excluding carboxylic acids is 1. The minimum atomic E-state index is 0.208. The molecule has 1 aliphatic rings. The van der Waals surface area contributed by atoms with Gasteiger partial charge in [-0.1, -0.05) is 37.3 Å². The third-order valence-electron chi connectivity index (χ3n) is 4.53. The molecule has 0 bridgehead atoms. The van der Waals surface area contributed by atoms with Crippen molar-refractivity contribution in [3.05, 3.63) is 35.9 Å². The first-order valence-electron chi connectivity index (χ1n) is 8.14. The average Bonchev–Trinajstić information content (AvgIpc) is 2.94. The Bertz CT molecular complexity index is 463. The molecule has 0 saturated carbocycles. The molecule has 1 heterocycles. The van der Waals surface area contributed by atoms with Gasteiger partial charge in [0.05, 0.1) is 13.2 Å². The zero-order valence-corrected chi connectivity index (χ0v) is 13.8. The molecule has 0 aromatic heterocycles. The number of rotatable bonds is 8. The second-order valence-electron chi connectivity index (χ2n) is 6.53. The Balaban J connectivity index is 1.74. The smallest absolute Gasteiger partial charge is 0.236 e. The number of ether oxygens (including phenoxy) is 1. The van der Waals surface area contributed by atoms with Crippen LogP contribution in [-0.4, -0.2) is 50.7 Å². The second kappa shape index (κ2) is 8.30. The predicted molar refractivity (Wildman–Crippen MR) is 88.8 cm³/mol. The summed E-state index contributed by atoms with van der Waals surface area (Å²) in [6.07, 6.45) is 3.33. The van der Waals surface area contributed by atoms with Crippen LogP contribution in [0.3, 0.4) is 0 Å². The molecule has 2 rings (SSSR count). The van der Waals surface area contributed by atoms with E-state index in [0.717, 1.165) is 38.9 Å². The number of nitrogens with zero attached hydrogens (tertiary/aromatic N) is 1. The van der Waals surface area contributed by atoms with Crippen molar-refractivity contribution >= 4 is 5.91 Å². The molecule has 22 heavy (non-hydrogen) atoms. The Morgan fingerprint density at radius 3 is 2.86 bits per heavy atom. The third-order valence-corrected chi connectivity index (χ3v) is 4.53. The average molecular weight is 304 g/mol. The standard InChI is InChI=1S/C18H28N2O2/c1-18(9-8-16-6-4-3-5-7-16)10-12-20(15-18)17(21)14-19-11-13-22-2/h3-7,19H,8-15H2,1-2H3. The van der Waals surface area contributed by atoms with Gasteiger partial charge in [0, 0.05) is 26.7 Å². The maximum atomic E-state index is 12.2. The molecular weight excluding hydrogens is 276 g/mol. The lowest BCUT2D eigenvalue weighted by atomic mass is 9.83. The molecule has 1 atom stereocenters. The van der Waals surface area contributed by atoms with Gasteiger partial charge in [-0.15, -0.1) is 0 Å². The van der Waals surface area contributed by atoms with Crippen LogP contribution in [0.15, 0.2) is 30.3 Å². The predicted octanol–water partition coefficient (Wildman–Crippen LogP) is 2.09. The van der Waals surface area contributed by atoms with Gasteiger partial charge in [-0.3, -0.25) is 4.79 Å². The van der Waals surface area contributed by atoms with Crippen LogP contribution in [0, 0.1) is 5.41 Å². The van der Waals surface area contributed by atoms with E-state index in [1.165, 1.54) is 5.56 Å². The van der Waals surface area contributed by atoms with Crippen molar-refractivity contribution < 1.29 is 9.53 Å². The topological polar surface area (TPSA) is 41.6 Å². The molecule has 4 nitrogen and oxygen atoms in total. The van der Waals surface area contributed by atoms with Gasteiger partial charge in [-0.05, 0) is 30.2 Å². The number of hydrogen-bond acceptors (Lipinski definition) is 3. The van der Waals surface area contributed by atoms with Crippen LogP contribution in [0.25, 0.3) is 0 Å². The summed E-state index contributed by atoms with van der Waals surface area (Å²) < 4.78 is 4.97. The van der Waals surface area contributed by atoms with E-state index in [1.54, 1.807) is 7.11 Å². The summed E-state index contributed by atoms with van der Waals surface area (Å²) >= 11 is 0. The van der Waals surface area contributed by atoms with E-state index in [2.05, 4.69) is 42.6 Å². The highest BCUT2D eigenvalue weighted by Gasteiger charge is 2.35. The van der Waals surface area contributed by atoms with Gasteiger partial charge in [-0.2, -0.15) is 0 Å². The van der Waals surface area contributed by atoms with E-state index in [4.69, 9.17) is 4.74 Å². The molecule has 4 heteroatoms. The van der Waals surface area contributed by atoms with Crippen molar-refractivity contribution in [3.63, 3.8) is 0 Å². The molecule has 1 aromatic carbocycles. The molecule has 1 aromatic rings. The summed E-state index contributed by atoms with van der Waals surface area (Å²) in [5, 5.41) is 3.13. The lowest BCUT2D eigenvalue weighted by Crippen LogP contribution is -2.38. The summed E-state index contributed by atoms with van der Waals surface area (Å²) in [5.41, 5.74) is 1.63. The lowest BCUT2D eigenvalue weighted by molar-refractivity contribution is -0.129. The largest absolute Gasteiger partial charge is 0.383 e. The highest BCUT2D eigenvalue weighted by molar-refractivity contribution is 5.78. The lowest BCUT2D eigenvalue weighted by Gasteiger charge is -2.25. The second-order valence-corrected chi connectivity index (χ2v) is 6.53. The minimum Gasteiger partial charge on any atom is -0.383 e. The van der Waals surface area contributed by atoms with Gasteiger partial charge in [0.2, 0.25) is 5.91 Å². The highest BCUT2D eigenvalue weighted by atomic mass is 16.5. The van der Waals surface area contributed by atoms with Crippen molar-refractivity contribution in [2.45, 2.75) is 26.2 Å². The quantitative estimate of drug-likeness (QED) is 0.748. The Morgan fingerprint density at radius 1 is 1.36 bits per heavy atom. The summed E-state index contributed by atoms with van der Waals surface area (Å²) in [4.78, 5) is 14.2. The maximum absolute atomic E-state index is 12.2. The van der Waals surface area contributed by atoms with E-state index in [0.29, 0.717) is 13.2 Å². The molecule has 0 spiro atoms. The van der Waals surface area contributed by atoms with E-state index in [9.17, 15) is 4.79 Å². The molecule has 122 valence electrons. The molecule has 0 radical (unpaired) electrons. The van der Waals surface area contributed by atoms with Crippen molar-refractivity contribution in [2.24, 2.45) is 5.41 Å². The Morgan fingerprint density at radius 2 is 2.14 bits per heavy atom. The normalized spacial score (nSPS) is 21.3. The number of aryl methyl sites for hydroxylation is 1. The number of likely N-dealkylation sites (tertiary alicyclic amines) is 1. The summed E-state index contributed by atoms with van der Waals surface area (Å²) in [6, 6.07) is 10.6. The zero-order valence-electron chi connectivity index (χ0n) is 13.8. The minimum absolute atomic E-state index is 0.208. The Labute approximate surface area is 133 Å². The summed E-state index contributed by atoms with van der Waals surface area (Å²) in [7, 11) is 1.67. The molecule has 0 aliphatic carbocycles. The molecule has 1 N–H and O–H groups in total. The fraction of sp³-hybridized carbons (Fsp3) is 0.611. The number of carbonyl (C=O) groups is 1. The number of nitrogens with one attached hydrogen (secondary N) is 1. The summed E-state index contributed by atoms with van der Waals surface area (Å²) in [6.45, 7) is 5.85. The van der Waals surface area contributed by atoms with E-state index < -0.39 is 0 Å². The first kappa shape index (κ1) is 17.0. The number of hydrogen-bond donors (Lipinski definition) is 1. The number of methoxy groups -OCH3 is 1. The first-order valence-corrected chi connectivity index (χ1v) is 8.14. The van der Waals surface area contributed by atoms with Crippen molar-refractivity contribution in [1.82, 2.24) is 10.2 Å². The molecule has 1 aliphatic heterocycles. The van der Waals surface area contributed by atoms with Crippen LogP contribution in [0.2, 0.25) is 0 Å². The van der Waals surface area contributed by atoms with Crippen LogP contribution >= 0.6 is 0 Å². The fourth-order valence-corrected chi connectivity index (χ4v) is 3.01. The molecule has 1 unspecified atom stereocenters. The van der Waals surface area contributed by atoms with Crippen LogP contribution in [0.5, 0.6) is 0 Å². The first-order chi connectivity index (χ1) is 10.6. The molecule has 1 amide bonds. The monoisotopic (exact) mass is 304 g/mol. The van der Waals surface area contributed by atoms with Crippen molar-refractivity contribution in [2.75, 3.05) is 39.9 Å². The van der Waals surface area contributed by atoms with Crippen LogP contribution in [0.1, 0.15) is 25.3 Å². The van der Waals surface area contributed by atoms with Crippen LogP contribution in [0.4, 0.5) is 0 Å². The number of benzene rings is 1. The Hall–Kier alpha value is -1.39. The van der Waals surface area contributed by atoms with Gasteiger partial charge in [0.15, 0.2) is 0 Å². The van der Waals surface area contributed by atoms with Gasteiger partial charge in [0.1, 0.15) is 0 Å². The van der Waals surface area contributed by atoms with Crippen molar-refractivity contribution in [1.29, 1.82) is 0 Å². The molecular formula is C18H28N2O2. The Kier molecular flexibility index (Phi) is 6.40. The van der Waals surface area contributed by atoms with E-state index in [1.807, 2.05) is 4.90 Å². The van der Waals surface area contributed by atoms with Gasteiger partial charge in [0.25, 0.3) is 0 Å². The number of amides is 1. The third kappa shape index (κ3) is 5.11. The van der Waals surface area contributed by atoms with Gasteiger partial charge in [-0.25, -0.2) is 0 Å². The molecule has 1 fully saturated rings. The van der Waals surface area contributed by atoms with E-state index >= 15 is 0 Å². The maximum Gasteiger partial charge on any atom is 0.236 e. The summed E-state index contributed by atoms with van der Waals surface area (Å²) in [5.74, 6) is 0.208. The van der Waals surface area contributed by atoms with Crippen LogP contribution in [-0.2, 0) is 16.0 Å². The van der Waals surface area contributed by atoms with E-state index in [-0.39, 0.29) is 11.3 Å². The van der Waals surface area contributed by atoms with Gasteiger partial charge < -0.3 is 15.0 Å². The van der Waals surface area contributed by atoms with Crippen molar-refractivity contribution in [3.8, 4) is 0 Å². The SMILES string of the molecule is COCCNCC(=O)N1CCC(C)(CCc2ccccc2)C1. The molecule has 1 saturated heterocycles. The van der Waals surface area contributed by atoms with Gasteiger partial charge >= 0.3 is 0 Å².